The fraction of sp³-hybridized carbons (Fsp3) is 0.278. The second-order valence-electron chi connectivity index (χ2n) is 5.18. The normalized spacial score (nSPS) is 13.6. The van der Waals surface area contributed by atoms with E-state index in [1.807, 2.05) is 48.5 Å². The van der Waals surface area contributed by atoms with E-state index in [4.69, 9.17) is 0 Å². The number of hydrogen-bond donors (Lipinski definition) is 2. The Morgan fingerprint density at radius 3 is 2.05 bits per heavy atom. The molecule has 2 unspecified atom stereocenters. The van der Waals surface area contributed by atoms with Crippen LogP contribution in [0.4, 0.5) is 0 Å². The van der Waals surface area contributed by atoms with Gasteiger partial charge in [0.1, 0.15) is 0 Å². The second kappa shape index (κ2) is 7.60. The Balaban J connectivity index is 1.90. The van der Waals surface area contributed by atoms with Crippen molar-refractivity contribution in [1.82, 2.24) is 5.32 Å². The van der Waals surface area contributed by atoms with E-state index in [-0.39, 0.29) is 6.04 Å². The Kier molecular flexibility index (Phi) is 5.52. The van der Waals surface area contributed by atoms with E-state index >= 15 is 0 Å². The lowest BCUT2D eigenvalue weighted by molar-refractivity contribution is -0.138. The van der Waals surface area contributed by atoms with Crippen LogP contribution in [-0.2, 0) is 4.79 Å². The second-order valence-corrected chi connectivity index (χ2v) is 5.18. The maximum atomic E-state index is 11.4. The SMILES string of the molecule is CC(NCCC(C(=O)O)c1ccccc1)c1ccccc1. The Morgan fingerprint density at radius 2 is 1.52 bits per heavy atom. The summed E-state index contributed by atoms with van der Waals surface area (Å²) in [6.07, 6.45) is 0.580. The molecule has 0 fully saturated rings. The number of benzene rings is 2. The van der Waals surface area contributed by atoms with Crippen LogP contribution in [-0.4, -0.2) is 17.6 Å². The number of rotatable bonds is 7. The van der Waals surface area contributed by atoms with Gasteiger partial charge in [0, 0.05) is 6.04 Å². The first-order valence-electron chi connectivity index (χ1n) is 7.24. The van der Waals surface area contributed by atoms with Crippen LogP contribution < -0.4 is 5.32 Å². The summed E-state index contributed by atoms with van der Waals surface area (Å²) < 4.78 is 0. The number of nitrogens with one attached hydrogen (secondary N) is 1. The van der Waals surface area contributed by atoms with Gasteiger partial charge in [-0.3, -0.25) is 4.79 Å². The average Bonchev–Trinajstić information content (AvgIpc) is 2.52. The third kappa shape index (κ3) is 4.43. The van der Waals surface area contributed by atoms with E-state index in [9.17, 15) is 9.90 Å². The number of aliphatic carboxylic acids is 1. The third-order valence-corrected chi connectivity index (χ3v) is 3.68. The molecule has 0 bridgehead atoms. The largest absolute Gasteiger partial charge is 0.481 e. The molecule has 2 aromatic carbocycles. The van der Waals surface area contributed by atoms with E-state index in [0.717, 1.165) is 5.56 Å². The van der Waals surface area contributed by atoms with Crippen molar-refractivity contribution in [3.8, 4) is 0 Å². The van der Waals surface area contributed by atoms with Gasteiger partial charge < -0.3 is 10.4 Å². The summed E-state index contributed by atoms with van der Waals surface area (Å²) in [7, 11) is 0. The zero-order valence-electron chi connectivity index (χ0n) is 12.2. The van der Waals surface area contributed by atoms with Crippen molar-refractivity contribution in [2.24, 2.45) is 0 Å². The highest BCUT2D eigenvalue weighted by atomic mass is 16.4. The van der Waals surface area contributed by atoms with Crippen LogP contribution in [0, 0.1) is 0 Å². The zero-order chi connectivity index (χ0) is 15.1. The number of carboxylic acid groups (broad SMARTS) is 1. The van der Waals surface area contributed by atoms with Crippen molar-refractivity contribution in [3.05, 3.63) is 71.8 Å². The van der Waals surface area contributed by atoms with Crippen LogP contribution in [0.2, 0.25) is 0 Å². The molecular formula is C18H21NO2. The molecule has 2 atom stereocenters. The molecule has 0 spiro atoms. The van der Waals surface area contributed by atoms with Crippen molar-refractivity contribution < 1.29 is 9.90 Å². The molecule has 2 aromatic rings. The first-order chi connectivity index (χ1) is 10.2. The molecule has 2 rings (SSSR count). The minimum Gasteiger partial charge on any atom is -0.481 e. The standard InChI is InChI=1S/C18H21NO2/c1-14(15-8-4-2-5-9-15)19-13-12-17(18(20)21)16-10-6-3-7-11-16/h2-11,14,17,19H,12-13H2,1H3,(H,20,21). The van der Waals surface area contributed by atoms with E-state index in [2.05, 4.69) is 24.4 Å². The van der Waals surface area contributed by atoms with Crippen LogP contribution >= 0.6 is 0 Å². The molecule has 3 heteroatoms. The van der Waals surface area contributed by atoms with Gasteiger partial charge in [0.05, 0.1) is 5.92 Å². The van der Waals surface area contributed by atoms with E-state index in [1.54, 1.807) is 0 Å². The van der Waals surface area contributed by atoms with Gasteiger partial charge in [-0.2, -0.15) is 0 Å². The van der Waals surface area contributed by atoms with Crippen molar-refractivity contribution in [2.45, 2.75) is 25.3 Å². The van der Waals surface area contributed by atoms with Crippen LogP contribution in [0.3, 0.4) is 0 Å². The smallest absolute Gasteiger partial charge is 0.311 e. The predicted octanol–water partition coefficient (Wildman–Crippen LogP) is 3.60. The molecule has 0 saturated heterocycles. The van der Waals surface area contributed by atoms with Gasteiger partial charge in [-0.15, -0.1) is 0 Å². The topological polar surface area (TPSA) is 49.3 Å². The van der Waals surface area contributed by atoms with Crippen LogP contribution in [0.5, 0.6) is 0 Å². The summed E-state index contributed by atoms with van der Waals surface area (Å²) in [5.74, 6) is -1.22. The summed E-state index contributed by atoms with van der Waals surface area (Å²) in [5.41, 5.74) is 2.07. The molecule has 0 saturated carbocycles. The predicted molar refractivity (Wildman–Crippen MR) is 84.3 cm³/mol. The van der Waals surface area contributed by atoms with Gasteiger partial charge in [-0.05, 0) is 31.0 Å². The number of carbonyl (C=O) groups is 1. The molecule has 0 aromatic heterocycles. The average molecular weight is 283 g/mol. The molecule has 110 valence electrons. The van der Waals surface area contributed by atoms with E-state index in [1.165, 1.54) is 5.56 Å². The highest BCUT2D eigenvalue weighted by Gasteiger charge is 2.19. The van der Waals surface area contributed by atoms with Crippen molar-refractivity contribution in [3.63, 3.8) is 0 Å². The number of hydrogen-bond acceptors (Lipinski definition) is 2. The molecule has 0 radical (unpaired) electrons. The molecule has 0 heterocycles. The molecule has 0 aliphatic rings. The first kappa shape index (κ1) is 15.3. The maximum absolute atomic E-state index is 11.4. The van der Waals surface area contributed by atoms with Gasteiger partial charge in [-0.25, -0.2) is 0 Å². The minimum absolute atomic E-state index is 0.219. The summed E-state index contributed by atoms with van der Waals surface area (Å²) in [6, 6.07) is 19.8. The molecule has 21 heavy (non-hydrogen) atoms. The van der Waals surface area contributed by atoms with Crippen molar-refractivity contribution >= 4 is 5.97 Å². The Labute approximate surface area is 125 Å². The van der Waals surface area contributed by atoms with Gasteiger partial charge in [0.2, 0.25) is 0 Å². The summed E-state index contributed by atoms with van der Waals surface area (Å²) in [5, 5.41) is 12.8. The van der Waals surface area contributed by atoms with E-state index < -0.39 is 11.9 Å². The minimum atomic E-state index is -0.768. The fourth-order valence-electron chi connectivity index (χ4n) is 2.42. The summed E-state index contributed by atoms with van der Waals surface area (Å²) in [6.45, 7) is 2.76. The summed E-state index contributed by atoms with van der Waals surface area (Å²) >= 11 is 0. The monoisotopic (exact) mass is 283 g/mol. The zero-order valence-corrected chi connectivity index (χ0v) is 12.2. The molecular weight excluding hydrogens is 262 g/mol. The van der Waals surface area contributed by atoms with Gasteiger partial charge in [-0.1, -0.05) is 60.7 Å². The van der Waals surface area contributed by atoms with Gasteiger partial charge in [0.15, 0.2) is 0 Å². The van der Waals surface area contributed by atoms with E-state index in [0.29, 0.717) is 13.0 Å². The molecule has 2 N–H and O–H groups in total. The Morgan fingerprint density at radius 1 is 1.00 bits per heavy atom. The fourth-order valence-corrected chi connectivity index (χ4v) is 2.42. The van der Waals surface area contributed by atoms with Gasteiger partial charge >= 0.3 is 5.97 Å². The lowest BCUT2D eigenvalue weighted by atomic mass is 9.95. The highest BCUT2D eigenvalue weighted by molar-refractivity contribution is 5.76. The molecule has 0 amide bonds. The summed E-state index contributed by atoms with van der Waals surface area (Å²) in [4.78, 5) is 11.4. The van der Waals surface area contributed by atoms with Crippen molar-refractivity contribution in [2.75, 3.05) is 6.54 Å². The third-order valence-electron chi connectivity index (χ3n) is 3.68. The first-order valence-corrected chi connectivity index (χ1v) is 7.24. The Bertz CT molecular complexity index is 554. The highest BCUT2D eigenvalue weighted by Crippen LogP contribution is 2.20. The maximum Gasteiger partial charge on any atom is 0.311 e. The van der Waals surface area contributed by atoms with Crippen LogP contribution in [0.25, 0.3) is 0 Å². The van der Waals surface area contributed by atoms with Crippen LogP contribution in [0.15, 0.2) is 60.7 Å². The van der Waals surface area contributed by atoms with Gasteiger partial charge in [0.25, 0.3) is 0 Å². The lowest BCUT2D eigenvalue weighted by Crippen LogP contribution is -2.23. The van der Waals surface area contributed by atoms with Crippen LogP contribution in [0.1, 0.15) is 36.4 Å². The quantitative estimate of drug-likeness (QED) is 0.816. The molecule has 0 aliphatic carbocycles. The lowest BCUT2D eigenvalue weighted by Gasteiger charge is -2.17. The molecule has 0 aliphatic heterocycles. The molecule has 3 nitrogen and oxygen atoms in total. The Hall–Kier alpha value is -2.13. The van der Waals surface area contributed by atoms with Crippen molar-refractivity contribution in [1.29, 1.82) is 0 Å². The number of carboxylic acids is 1.